The van der Waals surface area contributed by atoms with Gasteiger partial charge >= 0.3 is 0 Å². The Bertz CT molecular complexity index is 1250. The lowest BCUT2D eigenvalue weighted by Crippen LogP contribution is -1.87. The summed E-state index contributed by atoms with van der Waals surface area (Å²) >= 11 is 0. The van der Waals surface area contributed by atoms with Crippen LogP contribution in [0.15, 0.2) is 91.8 Å². The molecule has 4 rings (SSSR count). The minimum Gasteiger partial charge on any atom is -0.455 e. The Hall–Kier alpha value is -4.86. The van der Waals surface area contributed by atoms with Crippen molar-refractivity contribution >= 4 is 23.8 Å². The maximum Gasteiger partial charge on any atom is 0.270 e. The van der Waals surface area contributed by atoms with Crippen LogP contribution in [0.4, 0.5) is 11.4 Å². The second-order valence-corrected chi connectivity index (χ2v) is 6.51. The van der Waals surface area contributed by atoms with Gasteiger partial charge in [-0.3, -0.25) is 20.2 Å². The monoisotopic (exact) mass is 430 g/mol. The van der Waals surface area contributed by atoms with Crippen molar-refractivity contribution < 1.29 is 18.7 Å². The lowest BCUT2D eigenvalue weighted by atomic mass is 10.1. The van der Waals surface area contributed by atoms with E-state index in [0.29, 0.717) is 34.2 Å². The summed E-state index contributed by atoms with van der Waals surface area (Å²) in [5.74, 6) is 1.76. The smallest absolute Gasteiger partial charge is 0.270 e. The molecule has 2 heterocycles. The topological polar surface area (TPSA) is 137 Å². The highest BCUT2D eigenvalue weighted by Crippen LogP contribution is 2.26. The van der Waals surface area contributed by atoms with Crippen molar-refractivity contribution in [3.05, 3.63) is 105 Å². The van der Waals surface area contributed by atoms with Crippen molar-refractivity contribution in [3.63, 3.8) is 0 Å². The zero-order valence-electron chi connectivity index (χ0n) is 16.3. The molecular weight excluding hydrogens is 416 g/mol. The zero-order chi connectivity index (χ0) is 22.5. The van der Waals surface area contributed by atoms with Crippen LogP contribution in [0.3, 0.4) is 0 Å². The summed E-state index contributed by atoms with van der Waals surface area (Å²) in [6, 6.07) is 18.9. The standard InChI is InChI=1S/C22H14N4O6/c27-25(28)17-5-1-3-15(11-17)21-9-7-19(31-21)13-23-24-14-20-8-10-22(32-20)16-4-2-6-18(12-16)26(29)30/h1-14H/b23-13-,24-14-. The Morgan fingerprint density at radius 3 is 1.50 bits per heavy atom. The quantitative estimate of drug-likeness (QED) is 0.216. The van der Waals surface area contributed by atoms with Crippen LogP contribution in [0, 0.1) is 20.2 Å². The first kappa shape index (κ1) is 20.4. The number of non-ortho nitro benzene ring substituents is 2. The maximum atomic E-state index is 10.9. The Balaban J connectivity index is 1.43. The largest absolute Gasteiger partial charge is 0.455 e. The van der Waals surface area contributed by atoms with Gasteiger partial charge in [0.05, 0.1) is 22.3 Å². The Morgan fingerprint density at radius 2 is 1.09 bits per heavy atom. The van der Waals surface area contributed by atoms with Gasteiger partial charge in [0, 0.05) is 35.4 Å². The number of hydrogen-bond acceptors (Lipinski definition) is 8. The van der Waals surface area contributed by atoms with E-state index >= 15 is 0 Å². The van der Waals surface area contributed by atoms with E-state index < -0.39 is 9.85 Å². The van der Waals surface area contributed by atoms with Gasteiger partial charge in [0.1, 0.15) is 23.0 Å². The van der Waals surface area contributed by atoms with E-state index in [9.17, 15) is 20.2 Å². The summed E-state index contributed by atoms with van der Waals surface area (Å²) < 4.78 is 11.2. The first-order chi connectivity index (χ1) is 15.5. The van der Waals surface area contributed by atoms with Crippen LogP contribution in [0.1, 0.15) is 11.5 Å². The second-order valence-electron chi connectivity index (χ2n) is 6.51. The Morgan fingerprint density at radius 1 is 0.656 bits per heavy atom. The van der Waals surface area contributed by atoms with Crippen molar-refractivity contribution in [2.24, 2.45) is 10.2 Å². The molecule has 0 fully saturated rings. The zero-order valence-corrected chi connectivity index (χ0v) is 16.3. The molecule has 0 bridgehead atoms. The molecule has 158 valence electrons. The number of furan rings is 2. The van der Waals surface area contributed by atoms with Gasteiger partial charge in [-0.2, -0.15) is 10.2 Å². The van der Waals surface area contributed by atoms with Crippen LogP contribution < -0.4 is 0 Å². The highest BCUT2D eigenvalue weighted by molar-refractivity contribution is 5.80. The minimum atomic E-state index is -0.470. The molecule has 0 unspecified atom stereocenters. The van der Waals surface area contributed by atoms with Crippen LogP contribution in [-0.2, 0) is 0 Å². The van der Waals surface area contributed by atoms with Crippen LogP contribution >= 0.6 is 0 Å². The van der Waals surface area contributed by atoms with E-state index in [1.165, 1.54) is 36.7 Å². The summed E-state index contributed by atoms with van der Waals surface area (Å²) in [4.78, 5) is 20.9. The lowest BCUT2D eigenvalue weighted by Gasteiger charge is -1.96. The van der Waals surface area contributed by atoms with E-state index in [1.54, 1.807) is 48.5 Å². The predicted molar refractivity (Wildman–Crippen MR) is 117 cm³/mol. The highest BCUT2D eigenvalue weighted by atomic mass is 16.6. The number of nitro groups is 2. The third-order valence-electron chi connectivity index (χ3n) is 4.37. The van der Waals surface area contributed by atoms with Gasteiger partial charge in [-0.05, 0) is 24.3 Å². The average Bonchev–Trinajstić information content (AvgIpc) is 3.47. The van der Waals surface area contributed by atoms with Gasteiger partial charge in [-0.15, -0.1) is 0 Å². The molecule has 0 aliphatic rings. The van der Waals surface area contributed by atoms with E-state index in [2.05, 4.69) is 10.2 Å². The molecule has 32 heavy (non-hydrogen) atoms. The minimum absolute atomic E-state index is 0.0263. The molecular formula is C22H14N4O6. The van der Waals surface area contributed by atoms with Crippen LogP contribution in [0.5, 0.6) is 0 Å². The summed E-state index contributed by atoms with van der Waals surface area (Å²) in [6.45, 7) is 0. The van der Waals surface area contributed by atoms with Gasteiger partial charge in [0.25, 0.3) is 11.4 Å². The third-order valence-corrected chi connectivity index (χ3v) is 4.37. The van der Waals surface area contributed by atoms with Gasteiger partial charge < -0.3 is 8.83 Å². The fraction of sp³-hybridized carbons (Fsp3) is 0. The fourth-order valence-electron chi connectivity index (χ4n) is 2.88. The summed E-state index contributed by atoms with van der Waals surface area (Å²) in [7, 11) is 0. The first-order valence-electron chi connectivity index (χ1n) is 9.25. The fourth-order valence-corrected chi connectivity index (χ4v) is 2.88. The molecule has 10 heteroatoms. The number of rotatable bonds is 7. The lowest BCUT2D eigenvalue weighted by molar-refractivity contribution is -0.385. The maximum absolute atomic E-state index is 10.9. The molecule has 0 aliphatic heterocycles. The Kier molecular flexibility index (Phi) is 5.66. The Labute approximate surface area is 180 Å². The predicted octanol–water partition coefficient (Wildman–Crippen LogP) is 5.48. The van der Waals surface area contributed by atoms with Crippen LogP contribution in [0.25, 0.3) is 22.6 Å². The van der Waals surface area contributed by atoms with Crippen molar-refractivity contribution in [2.75, 3.05) is 0 Å². The molecule has 10 nitrogen and oxygen atoms in total. The summed E-state index contributed by atoms with van der Waals surface area (Å²) in [6.07, 6.45) is 2.78. The number of nitro benzene ring substituents is 2. The highest BCUT2D eigenvalue weighted by Gasteiger charge is 2.11. The van der Waals surface area contributed by atoms with E-state index in [4.69, 9.17) is 8.83 Å². The van der Waals surface area contributed by atoms with Crippen LogP contribution in [-0.4, -0.2) is 22.3 Å². The normalized spacial score (nSPS) is 11.4. The summed E-state index contributed by atoms with van der Waals surface area (Å²) in [5, 5.41) is 29.6. The van der Waals surface area contributed by atoms with Crippen molar-refractivity contribution in [1.82, 2.24) is 0 Å². The third kappa shape index (κ3) is 4.65. The SMILES string of the molecule is O=[N+]([O-])c1cccc(-c2ccc(/C=N\N=C/c3ccc(-c4cccc([N+](=O)[O-])c4)o3)o2)c1. The molecule has 0 amide bonds. The molecule has 0 atom stereocenters. The number of hydrogen-bond donors (Lipinski definition) is 0. The van der Waals surface area contributed by atoms with Crippen molar-refractivity contribution in [2.45, 2.75) is 0 Å². The molecule has 2 aromatic carbocycles. The summed E-state index contributed by atoms with van der Waals surface area (Å²) in [5.41, 5.74) is 1.10. The molecule has 0 N–H and O–H groups in total. The van der Waals surface area contributed by atoms with E-state index in [1.807, 2.05) is 0 Å². The molecule has 0 radical (unpaired) electrons. The van der Waals surface area contributed by atoms with Gasteiger partial charge in [0.15, 0.2) is 0 Å². The average molecular weight is 430 g/mol. The molecule has 4 aromatic rings. The van der Waals surface area contributed by atoms with E-state index in [-0.39, 0.29) is 11.4 Å². The first-order valence-corrected chi connectivity index (χ1v) is 9.25. The van der Waals surface area contributed by atoms with Crippen molar-refractivity contribution in [3.8, 4) is 22.6 Å². The molecule has 0 spiro atoms. The van der Waals surface area contributed by atoms with Gasteiger partial charge in [-0.1, -0.05) is 24.3 Å². The van der Waals surface area contributed by atoms with Gasteiger partial charge in [0.2, 0.25) is 0 Å². The van der Waals surface area contributed by atoms with Crippen LogP contribution in [0.2, 0.25) is 0 Å². The molecule has 0 saturated carbocycles. The number of benzene rings is 2. The van der Waals surface area contributed by atoms with Crippen molar-refractivity contribution in [1.29, 1.82) is 0 Å². The molecule has 0 aliphatic carbocycles. The molecule has 0 saturated heterocycles. The molecule has 2 aromatic heterocycles. The van der Waals surface area contributed by atoms with Gasteiger partial charge in [-0.25, -0.2) is 0 Å². The number of nitrogens with zero attached hydrogens (tertiary/aromatic N) is 4. The second kappa shape index (κ2) is 8.88. The van der Waals surface area contributed by atoms with E-state index in [0.717, 1.165) is 0 Å².